The van der Waals surface area contributed by atoms with Gasteiger partial charge in [-0.15, -0.1) is 0 Å². The van der Waals surface area contributed by atoms with Crippen molar-refractivity contribution in [1.29, 1.82) is 0 Å². The van der Waals surface area contributed by atoms with Crippen LogP contribution in [0.5, 0.6) is 0 Å². The first-order valence-corrected chi connectivity index (χ1v) is 7.18. The van der Waals surface area contributed by atoms with Crippen LogP contribution in [0.1, 0.15) is 25.2 Å². The first-order valence-electron chi connectivity index (χ1n) is 6.77. The second-order valence-corrected chi connectivity index (χ2v) is 5.24. The maximum absolute atomic E-state index is 5.50. The van der Waals surface area contributed by atoms with E-state index in [9.17, 15) is 0 Å². The number of H-pyrrole nitrogens is 1. The van der Waals surface area contributed by atoms with Gasteiger partial charge in [0.2, 0.25) is 0 Å². The van der Waals surface area contributed by atoms with Crippen LogP contribution in [-0.2, 0) is 20.0 Å². The molecular weight excluding hydrogens is 272 g/mol. The SMILES string of the molecule is CCc1nn(C)cc1-n1c(=S)[nH]c2c(C)nn(CC)c21. The normalized spacial score (nSPS) is 11.6. The van der Waals surface area contributed by atoms with E-state index in [0.29, 0.717) is 4.77 Å². The van der Waals surface area contributed by atoms with E-state index in [1.807, 2.05) is 34.1 Å². The minimum Gasteiger partial charge on any atom is -0.327 e. The van der Waals surface area contributed by atoms with E-state index in [0.717, 1.165) is 41.2 Å². The molecule has 3 aromatic rings. The number of aryl methyl sites for hydroxylation is 4. The summed E-state index contributed by atoms with van der Waals surface area (Å²) in [6.07, 6.45) is 2.87. The Balaban J connectivity index is 2.41. The molecule has 0 saturated heterocycles. The number of aromatic nitrogens is 6. The van der Waals surface area contributed by atoms with E-state index in [4.69, 9.17) is 12.2 Å². The molecule has 0 aliphatic heterocycles. The van der Waals surface area contributed by atoms with Gasteiger partial charge in [0.15, 0.2) is 10.4 Å². The van der Waals surface area contributed by atoms with Gasteiger partial charge >= 0.3 is 0 Å². The number of nitrogens with zero attached hydrogens (tertiary/aromatic N) is 5. The van der Waals surface area contributed by atoms with Crippen molar-refractivity contribution in [3.05, 3.63) is 22.4 Å². The highest BCUT2D eigenvalue weighted by Crippen LogP contribution is 2.24. The van der Waals surface area contributed by atoms with Crippen molar-refractivity contribution >= 4 is 23.4 Å². The van der Waals surface area contributed by atoms with Crippen molar-refractivity contribution in [2.24, 2.45) is 7.05 Å². The maximum atomic E-state index is 5.50. The number of aromatic amines is 1. The van der Waals surface area contributed by atoms with Crippen LogP contribution in [0.3, 0.4) is 0 Å². The molecule has 3 aromatic heterocycles. The lowest BCUT2D eigenvalue weighted by molar-refractivity contribution is 0.661. The van der Waals surface area contributed by atoms with Gasteiger partial charge in [0, 0.05) is 19.8 Å². The van der Waals surface area contributed by atoms with E-state index in [1.54, 1.807) is 0 Å². The first-order chi connectivity index (χ1) is 9.56. The molecule has 0 aromatic carbocycles. The number of hydrogen-bond acceptors (Lipinski definition) is 3. The van der Waals surface area contributed by atoms with Crippen molar-refractivity contribution in [3.63, 3.8) is 0 Å². The lowest BCUT2D eigenvalue weighted by Crippen LogP contribution is -2.04. The van der Waals surface area contributed by atoms with Crippen molar-refractivity contribution in [2.45, 2.75) is 33.7 Å². The van der Waals surface area contributed by atoms with Crippen molar-refractivity contribution in [3.8, 4) is 5.69 Å². The lowest BCUT2D eigenvalue weighted by Gasteiger charge is -2.05. The summed E-state index contributed by atoms with van der Waals surface area (Å²) in [5.74, 6) is 0. The molecule has 1 N–H and O–H groups in total. The molecule has 0 spiro atoms. The largest absolute Gasteiger partial charge is 0.327 e. The fraction of sp³-hybridized carbons (Fsp3) is 0.462. The fourth-order valence-electron chi connectivity index (χ4n) is 2.61. The molecule has 6 nitrogen and oxygen atoms in total. The summed E-state index contributed by atoms with van der Waals surface area (Å²) < 4.78 is 6.53. The minimum atomic E-state index is 0.686. The van der Waals surface area contributed by atoms with Crippen molar-refractivity contribution in [2.75, 3.05) is 0 Å². The third kappa shape index (κ3) is 1.73. The third-order valence-electron chi connectivity index (χ3n) is 3.51. The Hall–Kier alpha value is -1.89. The lowest BCUT2D eigenvalue weighted by atomic mass is 10.3. The summed E-state index contributed by atoms with van der Waals surface area (Å²) in [6.45, 7) is 6.98. The quantitative estimate of drug-likeness (QED) is 0.754. The highest BCUT2D eigenvalue weighted by atomic mass is 32.1. The zero-order chi connectivity index (χ0) is 14.4. The average Bonchev–Trinajstić information content (AvgIpc) is 3.03. The van der Waals surface area contributed by atoms with Gasteiger partial charge in [-0.05, 0) is 32.5 Å². The predicted octanol–water partition coefficient (Wildman–Crippen LogP) is 2.51. The number of hydrogen-bond donors (Lipinski definition) is 1. The molecule has 3 rings (SSSR count). The number of imidazole rings is 1. The molecule has 0 amide bonds. The Bertz CT molecular complexity index is 831. The molecule has 0 aliphatic rings. The van der Waals surface area contributed by atoms with Gasteiger partial charge in [0.05, 0.1) is 17.1 Å². The fourth-order valence-corrected chi connectivity index (χ4v) is 2.89. The molecule has 0 saturated carbocycles. The molecule has 0 radical (unpaired) electrons. The van der Waals surface area contributed by atoms with E-state index < -0.39 is 0 Å². The molecule has 0 aliphatic carbocycles. The van der Waals surface area contributed by atoms with E-state index in [-0.39, 0.29) is 0 Å². The van der Waals surface area contributed by atoms with Crippen LogP contribution in [0.25, 0.3) is 16.9 Å². The van der Waals surface area contributed by atoms with Crippen LogP contribution in [0.2, 0.25) is 0 Å². The second kappa shape index (κ2) is 4.59. The molecule has 3 heterocycles. The van der Waals surface area contributed by atoms with E-state index >= 15 is 0 Å². The first kappa shape index (κ1) is 13.1. The topological polar surface area (TPSA) is 56.4 Å². The van der Waals surface area contributed by atoms with Gasteiger partial charge in [0.25, 0.3) is 0 Å². The van der Waals surface area contributed by atoms with Crippen LogP contribution in [0.15, 0.2) is 6.20 Å². The standard InChI is InChI=1S/C13H18N6S/c1-5-9-10(7-17(4)16-9)19-12-11(14-13(19)20)8(3)15-18(12)6-2/h7H,5-6H2,1-4H3,(H,14,20). The smallest absolute Gasteiger partial charge is 0.184 e. The highest BCUT2D eigenvalue weighted by molar-refractivity contribution is 7.71. The summed E-state index contributed by atoms with van der Waals surface area (Å²) in [7, 11) is 1.93. The number of fused-ring (bicyclic) bond motifs is 1. The van der Waals surface area contributed by atoms with Gasteiger partial charge in [-0.25, -0.2) is 4.68 Å². The maximum Gasteiger partial charge on any atom is 0.184 e. The predicted molar refractivity (Wildman–Crippen MR) is 80.8 cm³/mol. The van der Waals surface area contributed by atoms with Crippen molar-refractivity contribution in [1.82, 2.24) is 29.1 Å². The van der Waals surface area contributed by atoms with Crippen LogP contribution in [-0.4, -0.2) is 29.1 Å². The average molecular weight is 290 g/mol. The van der Waals surface area contributed by atoms with Gasteiger partial charge in [-0.3, -0.25) is 9.25 Å². The molecule has 0 bridgehead atoms. The Morgan fingerprint density at radius 3 is 2.70 bits per heavy atom. The Kier molecular flexibility index (Phi) is 3.01. The Labute approximate surface area is 122 Å². The summed E-state index contributed by atoms with van der Waals surface area (Å²) in [4.78, 5) is 3.27. The summed E-state index contributed by atoms with van der Waals surface area (Å²) in [5.41, 5.74) is 5.04. The van der Waals surface area contributed by atoms with E-state index in [1.165, 1.54) is 0 Å². The Morgan fingerprint density at radius 2 is 2.05 bits per heavy atom. The molecule has 0 fully saturated rings. The number of nitrogens with one attached hydrogen (secondary N) is 1. The van der Waals surface area contributed by atoms with Crippen LogP contribution < -0.4 is 0 Å². The zero-order valence-electron chi connectivity index (χ0n) is 12.1. The number of rotatable bonds is 3. The molecule has 106 valence electrons. The molecule has 7 heteroatoms. The molecule has 0 atom stereocenters. The van der Waals surface area contributed by atoms with Crippen molar-refractivity contribution < 1.29 is 0 Å². The Morgan fingerprint density at radius 1 is 1.30 bits per heavy atom. The van der Waals surface area contributed by atoms with Gasteiger partial charge in [0.1, 0.15) is 5.52 Å². The zero-order valence-corrected chi connectivity index (χ0v) is 13.0. The van der Waals surface area contributed by atoms with Crippen LogP contribution in [0, 0.1) is 11.7 Å². The summed E-state index contributed by atoms with van der Waals surface area (Å²) >= 11 is 5.50. The van der Waals surface area contributed by atoms with E-state index in [2.05, 4.69) is 29.0 Å². The van der Waals surface area contributed by atoms with Gasteiger partial charge in [-0.2, -0.15) is 10.2 Å². The molecule has 0 unspecified atom stereocenters. The molecular formula is C13H18N6S. The highest BCUT2D eigenvalue weighted by Gasteiger charge is 2.18. The van der Waals surface area contributed by atoms with Gasteiger partial charge in [-0.1, -0.05) is 6.92 Å². The molecule has 20 heavy (non-hydrogen) atoms. The van der Waals surface area contributed by atoms with Gasteiger partial charge < -0.3 is 4.98 Å². The second-order valence-electron chi connectivity index (χ2n) is 4.85. The monoisotopic (exact) mass is 290 g/mol. The summed E-state index contributed by atoms with van der Waals surface area (Å²) in [5, 5.41) is 9.05. The summed E-state index contributed by atoms with van der Waals surface area (Å²) in [6, 6.07) is 0. The minimum absolute atomic E-state index is 0.686. The third-order valence-corrected chi connectivity index (χ3v) is 3.79. The van der Waals surface area contributed by atoms with Crippen LogP contribution in [0.4, 0.5) is 0 Å². The van der Waals surface area contributed by atoms with Crippen LogP contribution >= 0.6 is 12.2 Å².